The number of aromatic amines is 1. The van der Waals surface area contributed by atoms with E-state index in [9.17, 15) is 0 Å². The molecule has 1 N–H and O–H groups in total. The molecular weight excluding hydrogens is 260 g/mol. The standard InChI is InChI=1S/C17H18N4/c1-12-19-9-15-5-7-21(11-17(15)20-12)10-13-2-3-16-14(8-13)4-6-18-16/h2-4,6,8-9,18H,5,7,10-11H2,1H3. The van der Waals surface area contributed by atoms with Crippen molar-refractivity contribution in [3.8, 4) is 0 Å². The third kappa shape index (κ3) is 2.43. The largest absolute Gasteiger partial charge is 0.361 e. The molecule has 0 atom stereocenters. The molecule has 0 fully saturated rings. The molecule has 4 rings (SSSR count). The normalized spacial score (nSPS) is 15.3. The molecule has 3 aromatic rings. The van der Waals surface area contributed by atoms with Gasteiger partial charge in [-0.3, -0.25) is 4.90 Å². The third-order valence-corrected chi connectivity index (χ3v) is 4.17. The Morgan fingerprint density at radius 1 is 1.29 bits per heavy atom. The fraction of sp³-hybridized carbons (Fsp3) is 0.294. The van der Waals surface area contributed by atoms with Crippen molar-refractivity contribution in [2.75, 3.05) is 6.54 Å². The summed E-state index contributed by atoms with van der Waals surface area (Å²) in [5, 5.41) is 1.28. The van der Waals surface area contributed by atoms with Crippen molar-refractivity contribution in [3.05, 3.63) is 59.3 Å². The minimum Gasteiger partial charge on any atom is -0.361 e. The molecule has 0 saturated heterocycles. The first-order valence-electron chi connectivity index (χ1n) is 7.38. The van der Waals surface area contributed by atoms with Crippen LogP contribution in [0.25, 0.3) is 10.9 Å². The Balaban J connectivity index is 1.55. The first-order chi connectivity index (χ1) is 10.3. The Hall–Kier alpha value is -2.20. The van der Waals surface area contributed by atoms with Gasteiger partial charge in [0.1, 0.15) is 5.82 Å². The molecule has 0 spiro atoms. The van der Waals surface area contributed by atoms with E-state index in [4.69, 9.17) is 0 Å². The Bertz CT molecular complexity index is 790. The zero-order chi connectivity index (χ0) is 14.2. The lowest BCUT2D eigenvalue weighted by atomic mass is 10.1. The molecule has 0 unspecified atom stereocenters. The summed E-state index contributed by atoms with van der Waals surface area (Å²) in [5.41, 5.74) is 5.05. The molecule has 0 bridgehead atoms. The Morgan fingerprint density at radius 3 is 3.19 bits per heavy atom. The molecule has 1 aromatic carbocycles. The summed E-state index contributed by atoms with van der Waals surface area (Å²) in [4.78, 5) is 14.6. The number of hydrogen-bond donors (Lipinski definition) is 1. The quantitative estimate of drug-likeness (QED) is 0.784. The second-order valence-corrected chi connectivity index (χ2v) is 5.75. The van der Waals surface area contributed by atoms with Crippen LogP contribution in [0, 0.1) is 6.92 Å². The van der Waals surface area contributed by atoms with Crippen LogP contribution in [0.15, 0.2) is 36.7 Å². The number of benzene rings is 1. The molecule has 4 nitrogen and oxygen atoms in total. The molecule has 0 amide bonds. The van der Waals surface area contributed by atoms with Crippen LogP contribution < -0.4 is 0 Å². The van der Waals surface area contributed by atoms with Crippen LogP contribution >= 0.6 is 0 Å². The van der Waals surface area contributed by atoms with Crippen molar-refractivity contribution in [2.45, 2.75) is 26.4 Å². The number of nitrogens with one attached hydrogen (secondary N) is 1. The molecule has 1 aliphatic heterocycles. The molecule has 0 radical (unpaired) electrons. The number of H-pyrrole nitrogens is 1. The van der Waals surface area contributed by atoms with E-state index in [1.54, 1.807) is 0 Å². The van der Waals surface area contributed by atoms with Crippen molar-refractivity contribution in [1.29, 1.82) is 0 Å². The highest BCUT2D eigenvalue weighted by atomic mass is 15.1. The molecule has 21 heavy (non-hydrogen) atoms. The van der Waals surface area contributed by atoms with E-state index in [1.807, 2.05) is 19.3 Å². The van der Waals surface area contributed by atoms with E-state index in [1.165, 1.54) is 27.7 Å². The van der Waals surface area contributed by atoms with Crippen molar-refractivity contribution in [3.63, 3.8) is 0 Å². The van der Waals surface area contributed by atoms with E-state index in [0.29, 0.717) is 0 Å². The van der Waals surface area contributed by atoms with Gasteiger partial charge in [-0.1, -0.05) is 6.07 Å². The maximum atomic E-state index is 4.59. The maximum Gasteiger partial charge on any atom is 0.125 e. The minimum absolute atomic E-state index is 0.865. The number of nitrogens with zero attached hydrogens (tertiary/aromatic N) is 3. The minimum atomic E-state index is 0.865. The fourth-order valence-corrected chi connectivity index (χ4v) is 3.05. The van der Waals surface area contributed by atoms with Gasteiger partial charge in [0, 0.05) is 37.5 Å². The summed E-state index contributed by atoms with van der Waals surface area (Å²) in [6.07, 6.45) is 5.02. The van der Waals surface area contributed by atoms with Gasteiger partial charge in [-0.2, -0.15) is 0 Å². The highest BCUT2D eigenvalue weighted by Crippen LogP contribution is 2.20. The average Bonchev–Trinajstić information content (AvgIpc) is 2.94. The van der Waals surface area contributed by atoms with Gasteiger partial charge in [-0.05, 0) is 48.1 Å². The molecule has 0 saturated carbocycles. The second-order valence-electron chi connectivity index (χ2n) is 5.75. The molecule has 0 aliphatic carbocycles. The van der Waals surface area contributed by atoms with Crippen molar-refractivity contribution in [2.24, 2.45) is 0 Å². The topological polar surface area (TPSA) is 44.8 Å². The fourth-order valence-electron chi connectivity index (χ4n) is 3.05. The highest BCUT2D eigenvalue weighted by Gasteiger charge is 2.18. The second kappa shape index (κ2) is 4.97. The number of aryl methyl sites for hydroxylation is 1. The Morgan fingerprint density at radius 2 is 2.24 bits per heavy atom. The number of hydrogen-bond acceptors (Lipinski definition) is 3. The van der Waals surface area contributed by atoms with E-state index in [-0.39, 0.29) is 0 Å². The zero-order valence-electron chi connectivity index (χ0n) is 12.1. The van der Waals surface area contributed by atoms with Crippen LogP contribution in [0.5, 0.6) is 0 Å². The number of aromatic nitrogens is 3. The van der Waals surface area contributed by atoms with E-state index < -0.39 is 0 Å². The van der Waals surface area contributed by atoms with Crippen molar-refractivity contribution >= 4 is 10.9 Å². The smallest absolute Gasteiger partial charge is 0.125 e. The molecule has 1 aliphatic rings. The lowest BCUT2D eigenvalue weighted by molar-refractivity contribution is 0.241. The van der Waals surface area contributed by atoms with Crippen LogP contribution in [-0.2, 0) is 19.5 Å². The Labute approximate surface area is 123 Å². The summed E-state index contributed by atoms with van der Waals surface area (Å²) >= 11 is 0. The highest BCUT2D eigenvalue weighted by molar-refractivity contribution is 5.79. The third-order valence-electron chi connectivity index (χ3n) is 4.17. The van der Waals surface area contributed by atoms with Gasteiger partial charge >= 0.3 is 0 Å². The molecule has 106 valence electrons. The lowest BCUT2D eigenvalue weighted by Crippen LogP contribution is -2.31. The molecule has 2 aromatic heterocycles. The summed E-state index contributed by atoms with van der Waals surface area (Å²) < 4.78 is 0. The zero-order valence-corrected chi connectivity index (χ0v) is 12.1. The molecule has 4 heteroatoms. The van der Waals surface area contributed by atoms with Gasteiger partial charge < -0.3 is 4.98 Å². The van der Waals surface area contributed by atoms with Gasteiger partial charge in [0.15, 0.2) is 0 Å². The van der Waals surface area contributed by atoms with Crippen LogP contribution in [0.3, 0.4) is 0 Å². The van der Waals surface area contributed by atoms with Crippen LogP contribution in [0.1, 0.15) is 22.6 Å². The van der Waals surface area contributed by atoms with Crippen molar-refractivity contribution in [1.82, 2.24) is 19.9 Å². The predicted molar refractivity (Wildman–Crippen MR) is 82.9 cm³/mol. The van der Waals surface area contributed by atoms with Crippen LogP contribution in [-0.4, -0.2) is 26.4 Å². The summed E-state index contributed by atoms with van der Waals surface area (Å²) in [5.74, 6) is 0.865. The van der Waals surface area contributed by atoms with Gasteiger partial charge in [0.05, 0.1) is 5.69 Å². The van der Waals surface area contributed by atoms with Gasteiger partial charge in [0.2, 0.25) is 0 Å². The SMILES string of the molecule is Cc1ncc2c(n1)CN(Cc1ccc3[nH]ccc3c1)CC2. The number of rotatable bonds is 2. The summed E-state index contributed by atoms with van der Waals surface area (Å²) in [6.45, 7) is 4.93. The first kappa shape index (κ1) is 12.5. The van der Waals surface area contributed by atoms with Crippen LogP contribution in [0.2, 0.25) is 0 Å². The van der Waals surface area contributed by atoms with Gasteiger partial charge in [-0.15, -0.1) is 0 Å². The summed E-state index contributed by atoms with van der Waals surface area (Å²) in [7, 11) is 0. The van der Waals surface area contributed by atoms with E-state index >= 15 is 0 Å². The lowest BCUT2D eigenvalue weighted by Gasteiger charge is -2.27. The average molecular weight is 278 g/mol. The monoisotopic (exact) mass is 278 g/mol. The van der Waals surface area contributed by atoms with Gasteiger partial charge in [-0.25, -0.2) is 9.97 Å². The Kier molecular flexibility index (Phi) is 2.97. The number of fused-ring (bicyclic) bond motifs is 2. The van der Waals surface area contributed by atoms with E-state index in [0.717, 1.165) is 31.9 Å². The van der Waals surface area contributed by atoms with E-state index in [2.05, 4.69) is 44.1 Å². The summed E-state index contributed by atoms with van der Waals surface area (Å²) in [6, 6.07) is 8.77. The van der Waals surface area contributed by atoms with Gasteiger partial charge in [0.25, 0.3) is 0 Å². The maximum absolute atomic E-state index is 4.59. The predicted octanol–water partition coefficient (Wildman–Crippen LogP) is 2.82. The van der Waals surface area contributed by atoms with Crippen molar-refractivity contribution < 1.29 is 0 Å². The first-order valence-corrected chi connectivity index (χ1v) is 7.38. The molecule has 3 heterocycles. The van der Waals surface area contributed by atoms with Crippen LogP contribution in [0.4, 0.5) is 0 Å². The molecular formula is C17H18N4.